The Kier molecular flexibility index (Phi) is 5.03. The minimum absolute atomic E-state index is 0.276. The van der Waals surface area contributed by atoms with E-state index in [2.05, 4.69) is 34.0 Å². The van der Waals surface area contributed by atoms with Gasteiger partial charge in [-0.2, -0.15) is 0 Å². The lowest BCUT2D eigenvalue weighted by atomic mass is 10.2. The molecule has 6 heteroatoms. The van der Waals surface area contributed by atoms with Crippen LogP contribution in [-0.2, 0) is 0 Å². The average molecular weight is 328 g/mol. The second kappa shape index (κ2) is 7.38. The van der Waals surface area contributed by atoms with Crippen molar-refractivity contribution in [3.05, 3.63) is 30.1 Å². The fraction of sp³-hybridized carbons (Fsp3) is 0.444. The lowest BCUT2D eigenvalue weighted by Crippen LogP contribution is -2.26. The quantitative estimate of drug-likeness (QED) is 0.832. The summed E-state index contributed by atoms with van der Waals surface area (Å²) >= 11 is 0. The standard InChI is InChI=1S/C18H24N4O2/c1-4-8-22(9-5-2)18-11-17(19-13(3)20-18)21-14-6-7-15-16(10-14)24-12-23-15/h6-7,10-11H,4-5,8-9,12H2,1-3H3,(H,19,20,21). The van der Waals surface area contributed by atoms with Crippen LogP contribution in [0.5, 0.6) is 11.5 Å². The Labute approximate surface area is 142 Å². The van der Waals surface area contributed by atoms with E-state index >= 15 is 0 Å². The Morgan fingerprint density at radius 1 is 1.04 bits per heavy atom. The smallest absolute Gasteiger partial charge is 0.231 e. The first-order valence-electron chi connectivity index (χ1n) is 8.47. The highest BCUT2D eigenvalue weighted by Crippen LogP contribution is 2.35. The molecule has 0 saturated heterocycles. The van der Waals surface area contributed by atoms with E-state index in [9.17, 15) is 0 Å². The normalized spacial score (nSPS) is 12.3. The maximum absolute atomic E-state index is 5.42. The summed E-state index contributed by atoms with van der Waals surface area (Å²) in [7, 11) is 0. The van der Waals surface area contributed by atoms with Crippen LogP contribution in [0.2, 0.25) is 0 Å². The Morgan fingerprint density at radius 3 is 2.54 bits per heavy atom. The third kappa shape index (κ3) is 3.69. The van der Waals surface area contributed by atoms with Gasteiger partial charge in [-0.05, 0) is 31.9 Å². The molecule has 0 aliphatic carbocycles. The molecule has 0 radical (unpaired) electrons. The number of benzene rings is 1. The molecule has 1 aliphatic rings. The van der Waals surface area contributed by atoms with E-state index in [-0.39, 0.29) is 6.79 Å². The maximum atomic E-state index is 5.42. The molecule has 0 fully saturated rings. The molecule has 0 saturated carbocycles. The van der Waals surface area contributed by atoms with Gasteiger partial charge in [0.05, 0.1) is 0 Å². The van der Waals surface area contributed by atoms with Gasteiger partial charge in [0.2, 0.25) is 6.79 Å². The van der Waals surface area contributed by atoms with Crippen LogP contribution in [0, 0.1) is 6.92 Å². The number of ether oxygens (including phenoxy) is 2. The van der Waals surface area contributed by atoms with E-state index in [0.29, 0.717) is 0 Å². The summed E-state index contributed by atoms with van der Waals surface area (Å²) in [5, 5.41) is 3.34. The zero-order chi connectivity index (χ0) is 16.9. The third-order valence-electron chi connectivity index (χ3n) is 3.78. The maximum Gasteiger partial charge on any atom is 0.231 e. The lowest BCUT2D eigenvalue weighted by molar-refractivity contribution is 0.174. The molecule has 0 bridgehead atoms. The minimum Gasteiger partial charge on any atom is -0.454 e. The fourth-order valence-corrected chi connectivity index (χ4v) is 2.78. The molecule has 1 aliphatic heterocycles. The van der Waals surface area contributed by atoms with Gasteiger partial charge in [0, 0.05) is 30.9 Å². The van der Waals surface area contributed by atoms with Gasteiger partial charge >= 0.3 is 0 Å². The predicted octanol–water partition coefficient (Wildman–Crippen LogP) is 3.88. The van der Waals surface area contributed by atoms with Crippen LogP contribution in [0.25, 0.3) is 0 Å². The second-order valence-corrected chi connectivity index (χ2v) is 5.84. The van der Waals surface area contributed by atoms with Crippen molar-refractivity contribution in [2.75, 3.05) is 30.1 Å². The number of fused-ring (bicyclic) bond motifs is 1. The molecule has 0 atom stereocenters. The fourth-order valence-electron chi connectivity index (χ4n) is 2.78. The van der Waals surface area contributed by atoms with Gasteiger partial charge in [0.25, 0.3) is 0 Å². The van der Waals surface area contributed by atoms with Crippen LogP contribution in [0.3, 0.4) is 0 Å². The van der Waals surface area contributed by atoms with Gasteiger partial charge in [0.15, 0.2) is 11.5 Å². The van der Waals surface area contributed by atoms with Gasteiger partial charge in [-0.3, -0.25) is 0 Å². The molecule has 24 heavy (non-hydrogen) atoms. The van der Waals surface area contributed by atoms with E-state index in [4.69, 9.17) is 9.47 Å². The summed E-state index contributed by atoms with van der Waals surface area (Å²) < 4.78 is 10.8. The van der Waals surface area contributed by atoms with Crippen molar-refractivity contribution in [3.63, 3.8) is 0 Å². The zero-order valence-electron chi connectivity index (χ0n) is 14.5. The first-order valence-corrected chi connectivity index (χ1v) is 8.47. The summed E-state index contributed by atoms with van der Waals surface area (Å²) in [4.78, 5) is 11.4. The van der Waals surface area contributed by atoms with E-state index in [1.165, 1.54) is 0 Å². The van der Waals surface area contributed by atoms with Crippen molar-refractivity contribution in [1.82, 2.24) is 9.97 Å². The number of aromatic nitrogens is 2. The number of anilines is 3. The van der Waals surface area contributed by atoms with Crippen LogP contribution >= 0.6 is 0 Å². The number of rotatable bonds is 7. The molecular formula is C18H24N4O2. The second-order valence-electron chi connectivity index (χ2n) is 5.84. The largest absolute Gasteiger partial charge is 0.454 e. The molecule has 0 amide bonds. The molecule has 1 N–H and O–H groups in total. The minimum atomic E-state index is 0.276. The SMILES string of the molecule is CCCN(CCC)c1cc(Nc2ccc3c(c2)OCO3)nc(C)n1. The van der Waals surface area contributed by atoms with Crippen LogP contribution in [0.4, 0.5) is 17.3 Å². The highest BCUT2D eigenvalue weighted by molar-refractivity contribution is 5.63. The van der Waals surface area contributed by atoms with Crippen molar-refractivity contribution < 1.29 is 9.47 Å². The summed E-state index contributed by atoms with van der Waals surface area (Å²) in [6, 6.07) is 7.79. The predicted molar refractivity (Wildman–Crippen MR) is 95.4 cm³/mol. The molecule has 3 rings (SSSR count). The van der Waals surface area contributed by atoms with Crippen LogP contribution in [0.1, 0.15) is 32.5 Å². The van der Waals surface area contributed by atoms with Gasteiger partial charge in [-0.25, -0.2) is 9.97 Å². The zero-order valence-corrected chi connectivity index (χ0v) is 14.5. The van der Waals surface area contributed by atoms with Crippen molar-refractivity contribution >= 4 is 17.3 Å². The number of hydrogen-bond donors (Lipinski definition) is 1. The van der Waals surface area contributed by atoms with Crippen LogP contribution < -0.4 is 19.7 Å². The van der Waals surface area contributed by atoms with Crippen LogP contribution in [-0.4, -0.2) is 29.9 Å². The molecule has 128 valence electrons. The van der Waals surface area contributed by atoms with E-state index in [1.54, 1.807) is 0 Å². The molecule has 2 aromatic rings. The van der Waals surface area contributed by atoms with E-state index in [1.807, 2.05) is 31.2 Å². The number of aryl methyl sites for hydroxylation is 1. The number of nitrogens with zero attached hydrogens (tertiary/aromatic N) is 3. The third-order valence-corrected chi connectivity index (χ3v) is 3.78. The summed E-state index contributed by atoms with van der Waals surface area (Å²) in [5.74, 6) is 4.04. The monoisotopic (exact) mass is 328 g/mol. The molecule has 1 aromatic carbocycles. The van der Waals surface area contributed by atoms with Crippen molar-refractivity contribution in [2.45, 2.75) is 33.6 Å². The van der Waals surface area contributed by atoms with Gasteiger partial charge in [0.1, 0.15) is 17.5 Å². The molecule has 2 heterocycles. The highest BCUT2D eigenvalue weighted by Gasteiger charge is 2.14. The number of hydrogen-bond acceptors (Lipinski definition) is 6. The van der Waals surface area contributed by atoms with Gasteiger partial charge in [-0.1, -0.05) is 13.8 Å². The topological polar surface area (TPSA) is 59.5 Å². The van der Waals surface area contributed by atoms with E-state index in [0.717, 1.165) is 60.6 Å². The first kappa shape index (κ1) is 16.4. The Bertz CT molecular complexity index is 699. The summed E-state index contributed by atoms with van der Waals surface area (Å²) in [5.41, 5.74) is 0.917. The lowest BCUT2D eigenvalue weighted by Gasteiger charge is -2.23. The summed E-state index contributed by atoms with van der Waals surface area (Å²) in [6.07, 6.45) is 2.18. The molecular weight excluding hydrogens is 304 g/mol. The molecule has 1 aromatic heterocycles. The Balaban J connectivity index is 1.83. The van der Waals surface area contributed by atoms with E-state index < -0.39 is 0 Å². The van der Waals surface area contributed by atoms with Crippen molar-refractivity contribution in [1.29, 1.82) is 0 Å². The van der Waals surface area contributed by atoms with Crippen LogP contribution in [0.15, 0.2) is 24.3 Å². The average Bonchev–Trinajstić information content (AvgIpc) is 3.02. The molecule has 6 nitrogen and oxygen atoms in total. The Morgan fingerprint density at radius 2 is 1.79 bits per heavy atom. The summed E-state index contributed by atoms with van der Waals surface area (Å²) in [6.45, 7) is 8.55. The van der Waals surface area contributed by atoms with Crippen molar-refractivity contribution in [3.8, 4) is 11.5 Å². The van der Waals surface area contributed by atoms with Gasteiger partial charge in [-0.15, -0.1) is 0 Å². The molecule has 0 spiro atoms. The highest BCUT2D eigenvalue weighted by atomic mass is 16.7. The first-order chi connectivity index (χ1) is 11.7. The Hall–Kier alpha value is -2.50. The molecule has 0 unspecified atom stereocenters. The number of nitrogens with one attached hydrogen (secondary N) is 1. The van der Waals surface area contributed by atoms with Gasteiger partial charge < -0.3 is 19.7 Å². The van der Waals surface area contributed by atoms with Crippen molar-refractivity contribution in [2.24, 2.45) is 0 Å².